The van der Waals surface area contributed by atoms with Gasteiger partial charge in [-0.2, -0.15) is 0 Å². The predicted octanol–water partition coefficient (Wildman–Crippen LogP) is 2.82. The summed E-state index contributed by atoms with van der Waals surface area (Å²) in [6.45, 7) is 1.82. The van der Waals surface area contributed by atoms with Gasteiger partial charge in [-0.3, -0.25) is 0 Å². The van der Waals surface area contributed by atoms with E-state index in [-0.39, 0.29) is 5.84 Å². The van der Waals surface area contributed by atoms with Crippen molar-refractivity contribution in [1.29, 1.82) is 0 Å². The Morgan fingerprint density at radius 2 is 1.95 bits per heavy atom. The van der Waals surface area contributed by atoms with Crippen LogP contribution in [0.15, 0.2) is 52.1 Å². The number of nitrogens with two attached hydrogens (primary N) is 2. The molecule has 4 N–H and O–H groups in total. The highest BCUT2D eigenvalue weighted by molar-refractivity contribution is 9.10. The Balaban J connectivity index is 2.17. The Morgan fingerprint density at radius 1 is 1.24 bits per heavy atom. The third kappa shape index (κ3) is 3.61. The van der Waals surface area contributed by atoms with Gasteiger partial charge in [-0.25, -0.2) is 4.79 Å². The molecule has 0 saturated heterocycles. The quantitative estimate of drug-likeness (QED) is 0.293. The topological polar surface area (TPSA) is 90.7 Å². The Labute approximate surface area is 130 Å². The lowest BCUT2D eigenvalue weighted by Crippen LogP contribution is -2.17. The minimum Gasteiger partial charge on any atom is -0.398 e. The van der Waals surface area contributed by atoms with E-state index in [1.807, 2.05) is 13.0 Å². The Morgan fingerprint density at radius 3 is 2.67 bits per heavy atom. The summed E-state index contributed by atoms with van der Waals surface area (Å²) in [5.74, 6) is -0.482. The number of carbonyl (C=O) groups is 1. The first-order valence-electron chi connectivity index (χ1n) is 6.15. The molecule has 108 valence electrons. The third-order valence-corrected chi connectivity index (χ3v) is 3.43. The molecule has 0 saturated carbocycles. The highest BCUT2D eigenvalue weighted by atomic mass is 79.9. The smallest absolute Gasteiger partial charge is 0.365 e. The number of carbonyl (C=O) groups excluding carboxylic acids is 1. The van der Waals surface area contributed by atoms with E-state index in [1.54, 1.807) is 36.4 Å². The summed E-state index contributed by atoms with van der Waals surface area (Å²) in [5, 5.41) is 3.68. The van der Waals surface area contributed by atoms with Crippen LogP contribution in [0.2, 0.25) is 0 Å². The fourth-order valence-electron chi connectivity index (χ4n) is 1.74. The van der Waals surface area contributed by atoms with Crippen LogP contribution in [0.4, 0.5) is 5.69 Å². The predicted molar refractivity (Wildman–Crippen MR) is 85.9 cm³/mol. The number of nitrogens with zero attached hydrogens (tertiary/aromatic N) is 1. The maximum atomic E-state index is 11.9. The monoisotopic (exact) mass is 347 g/mol. The van der Waals surface area contributed by atoms with Crippen LogP contribution in [-0.4, -0.2) is 11.8 Å². The van der Waals surface area contributed by atoms with Crippen LogP contribution in [0, 0.1) is 6.92 Å². The first kappa shape index (κ1) is 15.1. The summed E-state index contributed by atoms with van der Waals surface area (Å²) in [7, 11) is 0. The molecule has 0 fully saturated rings. The van der Waals surface area contributed by atoms with Gasteiger partial charge in [0.15, 0.2) is 5.84 Å². The zero-order valence-corrected chi connectivity index (χ0v) is 12.9. The molecule has 2 aromatic carbocycles. The van der Waals surface area contributed by atoms with E-state index < -0.39 is 5.97 Å². The Hall–Kier alpha value is -2.34. The van der Waals surface area contributed by atoms with Crippen LogP contribution in [0.1, 0.15) is 21.5 Å². The number of benzene rings is 2. The lowest BCUT2D eigenvalue weighted by Gasteiger charge is -2.07. The molecule has 0 aliphatic carbocycles. The van der Waals surface area contributed by atoms with Crippen LogP contribution < -0.4 is 11.5 Å². The maximum absolute atomic E-state index is 11.9. The highest BCUT2D eigenvalue weighted by Crippen LogP contribution is 2.16. The number of rotatable bonds is 3. The number of nitrogen functional groups attached to an aromatic ring is 1. The number of amidine groups is 1. The SMILES string of the molecule is Cc1c(N)cccc1/C(N)=N/OC(=O)c1cccc(Br)c1. The van der Waals surface area contributed by atoms with Gasteiger partial charge in [0, 0.05) is 15.7 Å². The first-order chi connectivity index (χ1) is 9.99. The van der Waals surface area contributed by atoms with Gasteiger partial charge in [0.2, 0.25) is 0 Å². The molecule has 0 aliphatic rings. The van der Waals surface area contributed by atoms with Gasteiger partial charge in [0.05, 0.1) is 5.56 Å². The molecule has 0 aromatic heterocycles. The van der Waals surface area contributed by atoms with Crippen molar-refractivity contribution >= 4 is 33.4 Å². The zero-order chi connectivity index (χ0) is 15.4. The number of oxime groups is 1. The Bertz CT molecular complexity index is 714. The summed E-state index contributed by atoms with van der Waals surface area (Å²) in [4.78, 5) is 16.7. The lowest BCUT2D eigenvalue weighted by atomic mass is 10.1. The summed E-state index contributed by atoms with van der Waals surface area (Å²) in [6.07, 6.45) is 0. The molecule has 0 radical (unpaired) electrons. The van der Waals surface area contributed by atoms with Crippen LogP contribution >= 0.6 is 15.9 Å². The van der Waals surface area contributed by atoms with Crippen molar-refractivity contribution in [1.82, 2.24) is 0 Å². The van der Waals surface area contributed by atoms with E-state index in [0.717, 1.165) is 10.0 Å². The van der Waals surface area contributed by atoms with E-state index in [9.17, 15) is 4.79 Å². The lowest BCUT2D eigenvalue weighted by molar-refractivity contribution is 0.0516. The average Bonchev–Trinajstić information content (AvgIpc) is 2.47. The minimum absolute atomic E-state index is 0.100. The third-order valence-electron chi connectivity index (χ3n) is 2.94. The molecular weight excluding hydrogens is 334 g/mol. The molecule has 0 aliphatic heterocycles. The molecule has 21 heavy (non-hydrogen) atoms. The van der Waals surface area contributed by atoms with Crippen LogP contribution in [0.5, 0.6) is 0 Å². The number of anilines is 1. The molecule has 2 aromatic rings. The molecule has 0 atom stereocenters. The number of hydrogen-bond acceptors (Lipinski definition) is 4. The molecule has 0 heterocycles. The van der Waals surface area contributed by atoms with Gasteiger partial charge in [-0.15, -0.1) is 0 Å². The average molecular weight is 348 g/mol. The fraction of sp³-hybridized carbons (Fsp3) is 0.0667. The van der Waals surface area contributed by atoms with E-state index in [1.165, 1.54) is 0 Å². The van der Waals surface area contributed by atoms with Crippen LogP contribution in [0.3, 0.4) is 0 Å². The normalized spacial score (nSPS) is 11.2. The Kier molecular flexibility index (Phi) is 4.59. The van der Waals surface area contributed by atoms with Gasteiger partial charge in [0.25, 0.3) is 0 Å². The molecule has 5 nitrogen and oxygen atoms in total. The number of halogens is 1. The second-order valence-corrected chi connectivity index (χ2v) is 5.30. The van der Waals surface area contributed by atoms with Crippen molar-refractivity contribution in [2.75, 3.05) is 5.73 Å². The van der Waals surface area contributed by atoms with Gasteiger partial charge < -0.3 is 16.3 Å². The van der Waals surface area contributed by atoms with E-state index >= 15 is 0 Å². The molecule has 0 bridgehead atoms. The maximum Gasteiger partial charge on any atom is 0.365 e. The standard InChI is InChI=1S/C15H14BrN3O2/c1-9-12(6-3-7-13(9)17)14(18)19-21-15(20)10-4-2-5-11(16)8-10/h2-8H,17H2,1H3,(H2,18,19). The van der Waals surface area contributed by atoms with Crippen molar-refractivity contribution in [2.45, 2.75) is 6.92 Å². The van der Waals surface area contributed by atoms with E-state index in [4.69, 9.17) is 16.3 Å². The molecule has 2 rings (SSSR count). The second kappa shape index (κ2) is 6.41. The largest absolute Gasteiger partial charge is 0.398 e. The highest BCUT2D eigenvalue weighted by Gasteiger charge is 2.10. The van der Waals surface area contributed by atoms with Gasteiger partial charge in [-0.05, 0) is 36.8 Å². The first-order valence-corrected chi connectivity index (χ1v) is 6.94. The summed E-state index contributed by atoms with van der Waals surface area (Å²) in [6, 6.07) is 12.1. The number of hydrogen-bond donors (Lipinski definition) is 2. The molecule has 0 unspecified atom stereocenters. The molecule has 0 amide bonds. The summed E-state index contributed by atoms with van der Waals surface area (Å²) < 4.78 is 0.778. The van der Waals surface area contributed by atoms with Crippen molar-refractivity contribution in [2.24, 2.45) is 10.9 Å². The molecule has 6 heteroatoms. The van der Waals surface area contributed by atoms with Crippen molar-refractivity contribution in [3.63, 3.8) is 0 Å². The van der Waals surface area contributed by atoms with E-state index in [0.29, 0.717) is 16.8 Å². The van der Waals surface area contributed by atoms with Crippen molar-refractivity contribution in [3.8, 4) is 0 Å². The van der Waals surface area contributed by atoms with E-state index in [2.05, 4.69) is 21.1 Å². The fourth-order valence-corrected chi connectivity index (χ4v) is 2.14. The van der Waals surface area contributed by atoms with Crippen molar-refractivity contribution < 1.29 is 9.63 Å². The summed E-state index contributed by atoms with van der Waals surface area (Å²) >= 11 is 3.28. The summed E-state index contributed by atoms with van der Waals surface area (Å²) in [5.41, 5.74) is 14.0. The van der Waals surface area contributed by atoms with Gasteiger partial charge in [0.1, 0.15) is 0 Å². The van der Waals surface area contributed by atoms with Crippen LogP contribution in [-0.2, 0) is 4.84 Å². The van der Waals surface area contributed by atoms with Crippen molar-refractivity contribution in [3.05, 3.63) is 63.6 Å². The molecular formula is C15H14BrN3O2. The zero-order valence-electron chi connectivity index (χ0n) is 11.3. The van der Waals surface area contributed by atoms with Gasteiger partial charge in [-0.1, -0.05) is 39.3 Å². The second-order valence-electron chi connectivity index (χ2n) is 4.39. The minimum atomic E-state index is -0.583. The van der Waals surface area contributed by atoms with Crippen LogP contribution in [0.25, 0.3) is 0 Å². The molecule has 0 spiro atoms. The van der Waals surface area contributed by atoms with Gasteiger partial charge >= 0.3 is 5.97 Å².